The van der Waals surface area contributed by atoms with Crippen LogP contribution < -0.4 is 5.73 Å². The molecule has 6 heteroatoms. The van der Waals surface area contributed by atoms with E-state index in [9.17, 15) is 0 Å². The van der Waals surface area contributed by atoms with Crippen molar-refractivity contribution >= 4 is 24.2 Å². The Morgan fingerprint density at radius 2 is 2.08 bits per heavy atom. The lowest BCUT2D eigenvalue weighted by Crippen LogP contribution is -2.60. The molecule has 0 bridgehead atoms. The standard InChI is InChI=1S/C7H10N6/c1-13(2)7(8)5-6(10-3-9-5)11-4-12-7/h3-4H,8H2,1-2H3. The minimum Gasteiger partial charge on any atom is -0.289 e. The van der Waals surface area contributed by atoms with Crippen LogP contribution in [0.25, 0.3) is 0 Å². The molecule has 0 fully saturated rings. The van der Waals surface area contributed by atoms with E-state index in [-0.39, 0.29) is 0 Å². The van der Waals surface area contributed by atoms with Crippen LogP contribution >= 0.6 is 0 Å². The Morgan fingerprint density at radius 1 is 1.31 bits per heavy atom. The number of nitrogens with zero attached hydrogens (tertiary/aromatic N) is 5. The summed E-state index contributed by atoms with van der Waals surface area (Å²) in [6, 6.07) is 0. The predicted molar refractivity (Wildman–Crippen MR) is 52.5 cm³/mol. The summed E-state index contributed by atoms with van der Waals surface area (Å²) >= 11 is 0. The van der Waals surface area contributed by atoms with Crippen LogP contribution in [0.5, 0.6) is 0 Å². The molecule has 2 N–H and O–H groups in total. The summed E-state index contributed by atoms with van der Waals surface area (Å²) in [6.45, 7) is 0. The maximum Gasteiger partial charge on any atom is 0.213 e. The van der Waals surface area contributed by atoms with E-state index in [2.05, 4.69) is 20.0 Å². The van der Waals surface area contributed by atoms with Crippen LogP contribution in [0.2, 0.25) is 0 Å². The van der Waals surface area contributed by atoms with E-state index in [1.807, 2.05) is 14.1 Å². The average molecular weight is 178 g/mol. The van der Waals surface area contributed by atoms with Gasteiger partial charge in [-0.2, -0.15) is 0 Å². The molecule has 6 nitrogen and oxygen atoms in total. The van der Waals surface area contributed by atoms with Gasteiger partial charge in [-0.25, -0.2) is 20.0 Å². The average Bonchev–Trinajstić information content (AvgIpc) is 2.53. The predicted octanol–water partition coefficient (Wildman–Crippen LogP) is -0.916. The van der Waals surface area contributed by atoms with Crippen molar-refractivity contribution in [3.05, 3.63) is 0 Å². The van der Waals surface area contributed by atoms with Crippen molar-refractivity contribution in [1.82, 2.24) is 4.90 Å². The van der Waals surface area contributed by atoms with E-state index in [4.69, 9.17) is 5.73 Å². The molecule has 1 atom stereocenters. The largest absolute Gasteiger partial charge is 0.289 e. The highest BCUT2D eigenvalue weighted by molar-refractivity contribution is 6.50. The lowest BCUT2D eigenvalue weighted by atomic mass is 10.1. The summed E-state index contributed by atoms with van der Waals surface area (Å²) in [4.78, 5) is 17.8. The fourth-order valence-corrected chi connectivity index (χ4v) is 1.17. The second-order valence-electron chi connectivity index (χ2n) is 3.04. The molecule has 2 aliphatic rings. The first-order valence-electron chi connectivity index (χ1n) is 3.83. The number of amidine groups is 1. The molecular formula is C7H10N6. The Balaban J connectivity index is 2.46. The van der Waals surface area contributed by atoms with Gasteiger partial charge < -0.3 is 0 Å². The highest BCUT2D eigenvalue weighted by Crippen LogP contribution is 2.16. The van der Waals surface area contributed by atoms with Gasteiger partial charge in [0.05, 0.1) is 0 Å². The maximum atomic E-state index is 6.02. The number of rotatable bonds is 1. The van der Waals surface area contributed by atoms with Gasteiger partial charge in [-0.05, 0) is 14.1 Å². The molecule has 2 heterocycles. The third kappa shape index (κ3) is 1.03. The molecule has 13 heavy (non-hydrogen) atoms. The van der Waals surface area contributed by atoms with Crippen LogP contribution in [-0.2, 0) is 0 Å². The molecular weight excluding hydrogens is 168 g/mol. The van der Waals surface area contributed by atoms with Gasteiger partial charge in [0, 0.05) is 0 Å². The second kappa shape index (κ2) is 2.54. The summed E-state index contributed by atoms with van der Waals surface area (Å²) < 4.78 is 0. The minimum atomic E-state index is -0.923. The zero-order valence-corrected chi connectivity index (χ0v) is 7.47. The molecule has 0 saturated carbocycles. The molecule has 0 aromatic carbocycles. The molecule has 0 amide bonds. The van der Waals surface area contributed by atoms with Crippen LogP contribution in [0.3, 0.4) is 0 Å². The van der Waals surface area contributed by atoms with Gasteiger partial charge in [0.1, 0.15) is 18.4 Å². The van der Waals surface area contributed by atoms with Crippen molar-refractivity contribution in [2.24, 2.45) is 25.7 Å². The Kier molecular flexibility index (Phi) is 1.61. The number of aliphatic imine (C=N–C) groups is 4. The lowest BCUT2D eigenvalue weighted by molar-refractivity contribution is 0.250. The SMILES string of the molecule is CN(C)C1(N)N=CN=C2N=CN=C21. The Morgan fingerprint density at radius 3 is 2.77 bits per heavy atom. The highest BCUT2D eigenvalue weighted by atomic mass is 15.4. The minimum absolute atomic E-state index is 0.547. The van der Waals surface area contributed by atoms with Gasteiger partial charge in [-0.3, -0.25) is 10.6 Å². The van der Waals surface area contributed by atoms with Crippen molar-refractivity contribution in [3.63, 3.8) is 0 Å². The normalized spacial score (nSPS) is 30.5. The van der Waals surface area contributed by atoms with E-state index in [0.29, 0.717) is 11.5 Å². The zero-order valence-electron chi connectivity index (χ0n) is 7.47. The van der Waals surface area contributed by atoms with Crippen LogP contribution in [0.4, 0.5) is 0 Å². The maximum absolute atomic E-state index is 6.02. The van der Waals surface area contributed by atoms with Crippen LogP contribution in [0.1, 0.15) is 0 Å². The van der Waals surface area contributed by atoms with Crippen LogP contribution in [-0.4, -0.2) is 49.0 Å². The number of nitrogens with two attached hydrogens (primary N) is 1. The summed E-state index contributed by atoms with van der Waals surface area (Å²) in [6.07, 6.45) is 2.85. The van der Waals surface area contributed by atoms with E-state index < -0.39 is 5.79 Å². The Labute approximate surface area is 75.6 Å². The number of hydrogen-bond acceptors (Lipinski definition) is 6. The van der Waals surface area contributed by atoms with Gasteiger partial charge in [-0.15, -0.1) is 0 Å². The first kappa shape index (κ1) is 8.21. The third-order valence-corrected chi connectivity index (χ3v) is 2.04. The molecule has 0 aliphatic carbocycles. The second-order valence-corrected chi connectivity index (χ2v) is 3.04. The van der Waals surface area contributed by atoms with E-state index in [1.165, 1.54) is 12.7 Å². The monoisotopic (exact) mass is 178 g/mol. The van der Waals surface area contributed by atoms with Gasteiger partial charge >= 0.3 is 0 Å². The van der Waals surface area contributed by atoms with Crippen molar-refractivity contribution in [1.29, 1.82) is 0 Å². The smallest absolute Gasteiger partial charge is 0.213 e. The van der Waals surface area contributed by atoms with E-state index in [1.54, 1.807) is 4.90 Å². The molecule has 0 aromatic heterocycles. The summed E-state index contributed by atoms with van der Waals surface area (Å²) in [5.41, 5.74) is 6.62. The number of hydrogen-bond donors (Lipinski definition) is 1. The van der Waals surface area contributed by atoms with Gasteiger partial charge in [0.25, 0.3) is 0 Å². The topological polar surface area (TPSA) is 78.7 Å². The molecule has 0 aromatic rings. The Hall–Kier alpha value is -1.40. The summed E-state index contributed by atoms with van der Waals surface area (Å²) in [7, 11) is 3.67. The van der Waals surface area contributed by atoms with Crippen molar-refractivity contribution in [3.8, 4) is 0 Å². The lowest BCUT2D eigenvalue weighted by Gasteiger charge is -2.32. The quantitative estimate of drug-likeness (QED) is 0.527. The third-order valence-electron chi connectivity index (χ3n) is 2.04. The fourth-order valence-electron chi connectivity index (χ4n) is 1.17. The first-order valence-corrected chi connectivity index (χ1v) is 3.83. The molecule has 68 valence electrons. The summed E-state index contributed by atoms with van der Waals surface area (Å²) in [5.74, 6) is -0.376. The molecule has 2 rings (SSSR count). The van der Waals surface area contributed by atoms with Crippen molar-refractivity contribution in [2.45, 2.75) is 5.79 Å². The van der Waals surface area contributed by atoms with Crippen LogP contribution in [0, 0.1) is 0 Å². The first-order chi connectivity index (χ1) is 6.14. The molecule has 1 unspecified atom stereocenters. The fraction of sp³-hybridized carbons (Fsp3) is 0.429. The number of fused-ring (bicyclic) bond motifs is 1. The van der Waals surface area contributed by atoms with Crippen molar-refractivity contribution in [2.75, 3.05) is 14.1 Å². The highest BCUT2D eigenvalue weighted by Gasteiger charge is 2.39. The van der Waals surface area contributed by atoms with Crippen LogP contribution in [0.15, 0.2) is 20.0 Å². The summed E-state index contributed by atoms with van der Waals surface area (Å²) in [5, 5.41) is 0. The van der Waals surface area contributed by atoms with Gasteiger partial charge in [0.2, 0.25) is 5.79 Å². The van der Waals surface area contributed by atoms with E-state index in [0.717, 1.165) is 0 Å². The Bertz CT molecular complexity index is 350. The zero-order chi connectivity index (χ0) is 9.47. The van der Waals surface area contributed by atoms with E-state index >= 15 is 0 Å². The molecule has 2 aliphatic heterocycles. The molecule has 0 spiro atoms. The van der Waals surface area contributed by atoms with Crippen molar-refractivity contribution < 1.29 is 0 Å². The molecule has 0 saturated heterocycles. The molecule has 0 radical (unpaired) electrons. The van der Waals surface area contributed by atoms with Gasteiger partial charge in [0.15, 0.2) is 5.84 Å². The van der Waals surface area contributed by atoms with Gasteiger partial charge in [-0.1, -0.05) is 0 Å².